The zero-order valence-electron chi connectivity index (χ0n) is 20.9. The van der Waals surface area contributed by atoms with Gasteiger partial charge in [-0.1, -0.05) is 66.0 Å². The molecule has 0 spiro atoms. The van der Waals surface area contributed by atoms with Crippen molar-refractivity contribution in [2.24, 2.45) is 0 Å². The van der Waals surface area contributed by atoms with Crippen LogP contribution in [0.2, 0.25) is 20.1 Å². The van der Waals surface area contributed by atoms with Crippen LogP contribution in [0.5, 0.6) is 0 Å². The Morgan fingerprint density at radius 1 is 0.762 bits per heavy atom. The molecule has 0 saturated heterocycles. The fourth-order valence-electron chi connectivity index (χ4n) is 2.78. The fourth-order valence-corrected chi connectivity index (χ4v) is 4.22. The summed E-state index contributed by atoms with van der Waals surface area (Å²) in [5.74, 6) is -1.70. The van der Waals surface area contributed by atoms with E-state index in [-0.39, 0.29) is 55.7 Å². The molecule has 12 nitrogen and oxygen atoms in total. The van der Waals surface area contributed by atoms with Crippen molar-refractivity contribution < 1.29 is 28.7 Å². The van der Waals surface area contributed by atoms with Crippen molar-refractivity contribution in [3.05, 3.63) is 91.4 Å². The van der Waals surface area contributed by atoms with Crippen molar-refractivity contribution in [1.29, 1.82) is 0 Å². The Kier molecular flexibility index (Phi) is 14.8. The highest BCUT2D eigenvalue weighted by Crippen LogP contribution is 2.26. The summed E-state index contributed by atoms with van der Waals surface area (Å²) < 4.78 is 8.94. The molecule has 0 aliphatic heterocycles. The molecular weight excluding hydrogens is 658 g/mol. The predicted molar refractivity (Wildman–Crippen MR) is 162 cm³/mol. The summed E-state index contributed by atoms with van der Waals surface area (Å²) in [4.78, 5) is 45.0. The third kappa shape index (κ3) is 9.64. The Morgan fingerprint density at radius 3 is 1.60 bits per heavy atom. The molecule has 0 unspecified atom stereocenters. The lowest BCUT2D eigenvalue weighted by molar-refractivity contribution is 0.0586. The number of nitrogen functional groups attached to an aromatic ring is 1. The summed E-state index contributed by atoms with van der Waals surface area (Å²) in [5, 5.41) is 14.9. The van der Waals surface area contributed by atoms with E-state index in [1.165, 1.54) is 26.6 Å². The van der Waals surface area contributed by atoms with Gasteiger partial charge >= 0.3 is 11.9 Å². The Bertz CT molecular complexity index is 1520. The molecule has 2 heterocycles. The molecule has 0 atom stereocenters. The van der Waals surface area contributed by atoms with Gasteiger partial charge in [0, 0.05) is 0 Å². The molecule has 0 fully saturated rings. The highest BCUT2D eigenvalue weighted by Gasteiger charge is 2.20. The summed E-state index contributed by atoms with van der Waals surface area (Å²) in [6.45, 7) is 0. The van der Waals surface area contributed by atoms with Gasteiger partial charge in [0.1, 0.15) is 0 Å². The summed E-state index contributed by atoms with van der Waals surface area (Å²) in [7, 11) is 2.50. The van der Waals surface area contributed by atoms with Gasteiger partial charge in [0.25, 0.3) is 11.1 Å². The summed E-state index contributed by atoms with van der Waals surface area (Å²) in [5.41, 5.74) is 6.31. The van der Waals surface area contributed by atoms with Crippen LogP contribution < -0.4 is 11.1 Å². The van der Waals surface area contributed by atoms with Crippen molar-refractivity contribution in [3.63, 3.8) is 0 Å². The quantitative estimate of drug-likeness (QED) is 0.134. The van der Waals surface area contributed by atoms with Crippen LogP contribution in [0.4, 0.5) is 11.4 Å². The smallest absolute Gasteiger partial charge is 0.358 e. The Labute approximate surface area is 264 Å². The number of nitrogens with two attached hydrogens (primary N) is 1. The number of aromatic amines is 2. The van der Waals surface area contributed by atoms with E-state index in [1.807, 2.05) is 0 Å². The molecule has 5 N–H and O–H groups in total. The molecule has 0 radical (unpaired) electrons. The van der Waals surface area contributed by atoms with E-state index in [9.17, 15) is 19.2 Å². The molecule has 42 heavy (non-hydrogen) atoms. The van der Waals surface area contributed by atoms with Gasteiger partial charge in [0.2, 0.25) is 0 Å². The summed E-state index contributed by atoms with van der Waals surface area (Å²) in [6, 6.07) is 9.47. The second kappa shape index (κ2) is 17.2. The minimum absolute atomic E-state index is 0. The second-order valence-corrected chi connectivity index (χ2v) is 9.24. The van der Waals surface area contributed by atoms with Crippen LogP contribution in [0.25, 0.3) is 0 Å². The summed E-state index contributed by atoms with van der Waals surface area (Å²) in [6.07, 6.45) is 2.64. The number of nitrogens with zero attached hydrogens (tertiary/aromatic N) is 2. The predicted octanol–water partition coefficient (Wildman–Crippen LogP) is 6.54. The lowest BCUT2D eigenvalue weighted by Gasteiger charge is -2.07. The van der Waals surface area contributed by atoms with E-state index in [1.54, 1.807) is 36.4 Å². The van der Waals surface area contributed by atoms with Crippen LogP contribution in [-0.2, 0) is 9.47 Å². The van der Waals surface area contributed by atoms with Crippen molar-refractivity contribution in [3.8, 4) is 0 Å². The average Bonchev–Trinajstić information content (AvgIpc) is 3.57. The first kappa shape index (κ1) is 36.2. The highest BCUT2D eigenvalue weighted by molar-refractivity contribution is 6.69. The molecule has 2 aromatic heterocycles. The first-order chi connectivity index (χ1) is 19.4. The van der Waals surface area contributed by atoms with E-state index < -0.39 is 23.1 Å². The number of carbonyl (C=O) groups excluding carboxylic acids is 4. The Hall–Kier alpha value is -3.81. The number of rotatable bonds is 5. The molecular formula is C25H23Cl5N6O6. The number of hydrogen-bond donors (Lipinski definition) is 4. The number of carbonyl (C=O) groups is 4. The number of methoxy groups -OCH3 is 2. The van der Waals surface area contributed by atoms with Crippen molar-refractivity contribution in [2.45, 2.75) is 7.43 Å². The molecule has 4 aromatic rings. The molecule has 0 aliphatic rings. The first-order valence-electron chi connectivity index (χ1n) is 10.8. The molecule has 224 valence electrons. The van der Waals surface area contributed by atoms with Gasteiger partial charge in [-0.2, -0.15) is 10.2 Å². The zero-order chi connectivity index (χ0) is 30.7. The van der Waals surface area contributed by atoms with E-state index in [0.717, 1.165) is 0 Å². The zero-order valence-corrected chi connectivity index (χ0v) is 24.7. The van der Waals surface area contributed by atoms with Gasteiger partial charge in [-0.25, -0.2) is 9.59 Å². The van der Waals surface area contributed by atoms with Crippen molar-refractivity contribution in [2.75, 3.05) is 25.3 Å². The first-order valence-corrected chi connectivity index (χ1v) is 12.7. The topological polar surface area (TPSA) is 182 Å². The lowest BCUT2D eigenvalue weighted by atomic mass is 10.2. The van der Waals surface area contributed by atoms with Crippen LogP contribution in [0, 0.1) is 0 Å². The normalized spacial score (nSPS) is 9.60. The third-order valence-electron chi connectivity index (χ3n) is 4.68. The second-order valence-electron chi connectivity index (χ2n) is 7.26. The number of ether oxygens (including phenoxy) is 2. The highest BCUT2D eigenvalue weighted by atomic mass is 35.5. The standard InChI is InChI=1S/C12H9Cl2N3O3.C7H3Cl3O.C5H7N3O2.CH4/c1-20-12(19)10-8(5-15-17-10)16-11(18)9-6(13)3-2-4-7(9)14;8-4-2-1-3-5(9)6(4)7(10)11;1-10-5(9)4-3(6)2-7-8-4;/h2-5H,1H3,(H,15,17)(H,16,18);1-3H;2H,6H2,1H3,(H,7,8);1H4. The largest absolute Gasteiger partial charge is 0.464 e. The molecule has 2 aromatic carbocycles. The minimum atomic E-state index is -0.650. The molecule has 4 rings (SSSR count). The van der Waals surface area contributed by atoms with E-state index >= 15 is 0 Å². The third-order valence-corrected chi connectivity index (χ3v) is 6.13. The number of hydrogen-bond acceptors (Lipinski definition) is 9. The van der Waals surface area contributed by atoms with Crippen molar-refractivity contribution >= 4 is 92.5 Å². The minimum Gasteiger partial charge on any atom is -0.464 e. The van der Waals surface area contributed by atoms with Gasteiger partial charge < -0.3 is 20.5 Å². The maximum Gasteiger partial charge on any atom is 0.358 e. The average molecular weight is 681 g/mol. The lowest BCUT2D eigenvalue weighted by Crippen LogP contribution is -2.15. The van der Waals surface area contributed by atoms with Gasteiger partial charge in [0.15, 0.2) is 11.4 Å². The number of benzene rings is 2. The van der Waals surface area contributed by atoms with E-state index in [4.69, 9.17) is 63.7 Å². The number of aromatic nitrogens is 4. The van der Waals surface area contributed by atoms with Crippen LogP contribution in [0.3, 0.4) is 0 Å². The van der Waals surface area contributed by atoms with Crippen LogP contribution in [0.1, 0.15) is 49.1 Å². The number of anilines is 2. The van der Waals surface area contributed by atoms with Crippen LogP contribution >= 0.6 is 58.0 Å². The summed E-state index contributed by atoms with van der Waals surface area (Å²) >= 11 is 28.3. The van der Waals surface area contributed by atoms with Gasteiger partial charge in [-0.15, -0.1) is 0 Å². The van der Waals surface area contributed by atoms with Crippen LogP contribution in [0.15, 0.2) is 48.8 Å². The number of esters is 2. The van der Waals surface area contributed by atoms with Crippen LogP contribution in [-0.4, -0.2) is 57.7 Å². The maximum absolute atomic E-state index is 12.1. The van der Waals surface area contributed by atoms with Crippen molar-refractivity contribution in [1.82, 2.24) is 20.4 Å². The fraction of sp³-hybridized carbons (Fsp3) is 0.120. The Morgan fingerprint density at radius 2 is 1.19 bits per heavy atom. The van der Waals surface area contributed by atoms with Gasteiger partial charge in [0.05, 0.1) is 69.2 Å². The molecule has 17 heteroatoms. The number of halogens is 5. The molecule has 0 bridgehead atoms. The monoisotopic (exact) mass is 678 g/mol. The number of amides is 1. The molecule has 0 saturated carbocycles. The maximum atomic E-state index is 12.1. The SMILES string of the molecule is C.COC(=O)c1[nH]ncc1N.COC(=O)c1[nH]ncc1NC(=O)c1c(Cl)cccc1Cl.O=C(Cl)c1c(Cl)cccc1Cl. The van der Waals surface area contributed by atoms with Gasteiger partial charge in [-0.3, -0.25) is 19.8 Å². The molecule has 0 aliphatic carbocycles. The molecule has 1 amide bonds. The van der Waals surface area contributed by atoms with E-state index in [2.05, 4.69) is 35.2 Å². The van der Waals surface area contributed by atoms with E-state index in [0.29, 0.717) is 5.69 Å². The Balaban J connectivity index is 0.000000341. The van der Waals surface area contributed by atoms with Gasteiger partial charge in [-0.05, 0) is 35.9 Å². The number of nitrogens with one attached hydrogen (secondary N) is 3. The number of H-pyrrole nitrogens is 2.